The maximum Gasteiger partial charge on any atom is 0.224 e. The number of carbonyl (C=O) groups excluding carboxylic acids is 1. The van der Waals surface area contributed by atoms with Gasteiger partial charge in [0.05, 0.1) is 20.8 Å². The van der Waals surface area contributed by atoms with E-state index in [2.05, 4.69) is 5.32 Å². The molecule has 1 rings (SSSR count). The van der Waals surface area contributed by atoms with Crippen LogP contribution in [0.4, 0.5) is 5.69 Å². The van der Waals surface area contributed by atoms with E-state index in [1.54, 1.807) is 0 Å². The summed E-state index contributed by atoms with van der Waals surface area (Å²) < 4.78 is 0. The van der Waals surface area contributed by atoms with Crippen molar-refractivity contribution in [1.29, 1.82) is 0 Å². The number of unbranched alkanes of at least 4 members (excludes halogenated alkanes) is 1. The summed E-state index contributed by atoms with van der Waals surface area (Å²) in [6.45, 7) is 0.584. The van der Waals surface area contributed by atoms with Gasteiger partial charge in [0.1, 0.15) is 0 Å². The standard InChI is InChI=1S/C11H13Cl3N2O/c12-7-5-9(14)10(6-8(7)13)16-11(17)3-1-2-4-15/h5-6H,1-4,15H2,(H,16,17). The normalized spacial score (nSPS) is 10.4. The first kappa shape index (κ1) is 14.6. The number of halogens is 3. The molecule has 1 aromatic carbocycles. The molecule has 0 unspecified atom stereocenters. The Balaban J connectivity index is 2.62. The van der Waals surface area contributed by atoms with Crippen LogP contribution >= 0.6 is 34.8 Å². The average molecular weight is 296 g/mol. The van der Waals surface area contributed by atoms with Gasteiger partial charge in [-0.25, -0.2) is 0 Å². The van der Waals surface area contributed by atoms with Crippen LogP contribution in [0.5, 0.6) is 0 Å². The molecule has 0 aliphatic rings. The second-order valence-electron chi connectivity index (χ2n) is 3.54. The minimum Gasteiger partial charge on any atom is -0.330 e. The summed E-state index contributed by atoms with van der Waals surface area (Å²) in [6, 6.07) is 3.04. The van der Waals surface area contributed by atoms with Gasteiger partial charge in [0.25, 0.3) is 0 Å². The zero-order valence-corrected chi connectivity index (χ0v) is 11.4. The first-order chi connectivity index (χ1) is 8.04. The number of carbonyl (C=O) groups is 1. The van der Waals surface area contributed by atoms with Crippen LogP contribution in [-0.2, 0) is 4.79 Å². The van der Waals surface area contributed by atoms with Crippen LogP contribution in [0.3, 0.4) is 0 Å². The molecule has 6 heteroatoms. The first-order valence-electron chi connectivity index (χ1n) is 5.19. The van der Waals surface area contributed by atoms with E-state index >= 15 is 0 Å². The van der Waals surface area contributed by atoms with Crippen molar-refractivity contribution in [2.24, 2.45) is 5.73 Å². The van der Waals surface area contributed by atoms with Gasteiger partial charge in [0.15, 0.2) is 0 Å². The summed E-state index contributed by atoms with van der Waals surface area (Å²) in [5, 5.41) is 3.76. The highest BCUT2D eigenvalue weighted by molar-refractivity contribution is 6.44. The Morgan fingerprint density at radius 1 is 1.12 bits per heavy atom. The van der Waals surface area contributed by atoms with Crippen LogP contribution < -0.4 is 11.1 Å². The summed E-state index contributed by atoms with van der Waals surface area (Å²) in [6.07, 6.45) is 1.98. The Bertz CT molecular complexity index is 410. The molecule has 0 spiro atoms. The van der Waals surface area contributed by atoms with Crippen LogP contribution in [0.15, 0.2) is 12.1 Å². The molecular formula is C11H13Cl3N2O. The zero-order valence-electron chi connectivity index (χ0n) is 9.10. The molecule has 0 radical (unpaired) electrons. The van der Waals surface area contributed by atoms with Gasteiger partial charge in [-0.15, -0.1) is 0 Å². The van der Waals surface area contributed by atoms with Crippen molar-refractivity contribution in [3.8, 4) is 0 Å². The summed E-state index contributed by atoms with van der Waals surface area (Å²) in [7, 11) is 0. The van der Waals surface area contributed by atoms with E-state index in [1.807, 2.05) is 0 Å². The van der Waals surface area contributed by atoms with E-state index < -0.39 is 0 Å². The minimum absolute atomic E-state index is 0.112. The molecule has 0 fully saturated rings. The Hall–Kier alpha value is -0.480. The SMILES string of the molecule is NCCCCC(=O)Nc1cc(Cl)c(Cl)cc1Cl. The quantitative estimate of drug-likeness (QED) is 0.642. The monoisotopic (exact) mass is 294 g/mol. The van der Waals surface area contributed by atoms with Gasteiger partial charge in [-0.3, -0.25) is 4.79 Å². The van der Waals surface area contributed by atoms with E-state index in [9.17, 15) is 4.79 Å². The highest BCUT2D eigenvalue weighted by atomic mass is 35.5. The Morgan fingerprint density at radius 3 is 2.41 bits per heavy atom. The first-order valence-corrected chi connectivity index (χ1v) is 6.32. The molecule has 3 nitrogen and oxygen atoms in total. The molecule has 0 saturated carbocycles. The van der Waals surface area contributed by atoms with Crippen LogP contribution in [0.2, 0.25) is 15.1 Å². The second kappa shape index (κ2) is 7.07. The molecule has 17 heavy (non-hydrogen) atoms. The number of hydrogen-bond donors (Lipinski definition) is 2. The van der Waals surface area contributed by atoms with Crippen molar-refractivity contribution >= 4 is 46.4 Å². The maximum atomic E-state index is 11.5. The Kier molecular flexibility index (Phi) is 6.06. The highest BCUT2D eigenvalue weighted by Gasteiger charge is 2.08. The van der Waals surface area contributed by atoms with Gasteiger partial charge >= 0.3 is 0 Å². The lowest BCUT2D eigenvalue weighted by Gasteiger charge is -2.08. The van der Waals surface area contributed by atoms with Gasteiger partial charge in [0, 0.05) is 6.42 Å². The molecule has 1 amide bonds. The van der Waals surface area contributed by atoms with Crippen LogP contribution in [-0.4, -0.2) is 12.5 Å². The minimum atomic E-state index is -0.112. The predicted octanol–water partition coefficient (Wildman–Crippen LogP) is 3.71. The van der Waals surface area contributed by atoms with Crippen molar-refractivity contribution in [2.45, 2.75) is 19.3 Å². The summed E-state index contributed by atoms with van der Waals surface area (Å²) in [5.41, 5.74) is 5.81. The van der Waals surface area contributed by atoms with Crippen molar-refractivity contribution in [3.05, 3.63) is 27.2 Å². The third-order valence-electron chi connectivity index (χ3n) is 2.14. The molecular weight excluding hydrogens is 282 g/mol. The molecule has 1 aromatic rings. The lowest BCUT2D eigenvalue weighted by atomic mass is 10.2. The van der Waals surface area contributed by atoms with Gasteiger partial charge < -0.3 is 11.1 Å². The third kappa shape index (κ3) is 4.72. The van der Waals surface area contributed by atoms with E-state index in [-0.39, 0.29) is 5.91 Å². The molecule has 0 aromatic heterocycles. The smallest absolute Gasteiger partial charge is 0.224 e. The number of rotatable bonds is 5. The largest absolute Gasteiger partial charge is 0.330 e. The fraction of sp³-hybridized carbons (Fsp3) is 0.364. The third-order valence-corrected chi connectivity index (χ3v) is 3.18. The fourth-order valence-corrected chi connectivity index (χ4v) is 1.86. The molecule has 0 aliphatic heterocycles. The Labute approximate surface area is 115 Å². The molecule has 94 valence electrons. The van der Waals surface area contributed by atoms with Gasteiger partial charge in [0.2, 0.25) is 5.91 Å². The van der Waals surface area contributed by atoms with E-state index in [4.69, 9.17) is 40.5 Å². The fourth-order valence-electron chi connectivity index (χ4n) is 1.26. The molecule has 0 heterocycles. The summed E-state index contributed by atoms with van der Waals surface area (Å²) >= 11 is 17.5. The number of nitrogens with one attached hydrogen (secondary N) is 1. The molecule has 0 aliphatic carbocycles. The summed E-state index contributed by atoms with van der Waals surface area (Å²) in [5.74, 6) is -0.112. The number of benzene rings is 1. The van der Waals surface area contributed by atoms with Crippen molar-refractivity contribution in [1.82, 2.24) is 0 Å². The summed E-state index contributed by atoms with van der Waals surface area (Å²) in [4.78, 5) is 11.5. The predicted molar refractivity (Wildman–Crippen MR) is 73.0 cm³/mol. The van der Waals surface area contributed by atoms with Crippen molar-refractivity contribution in [3.63, 3.8) is 0 Å². The maximum absolute atomic E-state index is 11.5. The Morgan fingerprint density at radius 2 is 1.76 bits per heavy atom. The molecule has 3 N–H and O–H groups in total. The number of nitrogens with two attached hydrogens (primary N) is 1. The molecule has 0 atom stereocenters. The van der Waals surface area contributed by atoms with Crippen molar-refractivity contribution < 1.29 is 4.79 Å². The van der Waals surface area contributed by atoms with Gasteiger partial charge in [-0.1, -0.05) is 34.8 Å². The van der Waals surface area contributed by atoms with E-state index in [0.717, 1.165) is 12.8 Å². The second-order valence-corrected chi connectivity index (χ2v) is 4.76. The van der Waals surface area contributed by atoms with Gasteiger partial charge in [-0.2, -0.15) is 0 Å². The lowest BCUT2D eigenvalue weighted by Crippen LogP contribution is -2.12. The van der Waals surface area contributed by atoms with E-state index in [0.29, 0.717) is 33.7 Å². The highest BCUT2D eigenvalue weighted by Crippen LogP contribution is 2.32. The van der Waals surface area contributed by atoms with Crippen LogP contribution in [0, 0.1) is 0 Å². The van der Waals surface area contributed by atoms with Crippen molar-refractivity contribution in [2.75, 3.05) is 11.9 Å². The van der Waals surface area contributed by atoms with Crippen LogP contribution in [0.1, 0.15) is 19.3 Å². The zero-order chi connectivity index (χ0) is 12.8. The van der Waals surface area contributed by atoms with Gasteiger partial charge in [-0.05, 0) is 31.5 Å². The topological polar surface area (TPSA) is 55.1 Å². The number of amides is 1. The van der Waals surface area contributed by atoms with E-state index in [1.165, 1.54) is 12.1 Å². The lowest BCUT2D eigenvalue weighted by molar-refractivity contribution is -0.116. The molecule has 0 saturated heterocycles. The number of anilines is 1. The average Bonchev–Trinajstić information content (AvgIpc) is 2.26. The number of hydrogen-bond acceptors (Lipinski definition) is 2. The van der Waals surface area contributed by atoms with Crippen LogP contribution in [0.25, 0.3) is 0 Å². The molecule has 0 bridgehead atoms.